The lowest BCUT2D eigenvalue weighted by atomic mass is 10.1. The molecule has 7 nitrogen and oxygen atoms in total. The minimum atomic E-state index is -0.0566. The van der Waals surface area contributed by atoms with Crippen LogP contribution in [0.2, 0.25) is 0 Å². The van der Waals surface area contributed by atoms with Crippen LogP contribution in [0.5, 0.6) is 0 Å². The van der Waals surface area contributed by atoms with Gasteiger partial charge in [0.15, 0.2) is 11.6 Å². The molecule has 1 N–H and O–H groups in total. The molecule has 3 aromatic heterocycles. The Morgan fingerprint density at radius 2 is 1.96 bits per heavy atom. The zero-order valence-corrected chi connectivity index (χ0v) is 13.6. The summed E-state index contributed by atoms with van der Waals surface area (Å²) >= 11 is 0. The minimum absolute atomic E-state index is 0.0566. The molecule has 0 aliphatic heterocycles. The fourth-order valence-corrected chi connectivity index (χ4v) is 2.65. The molecule has 0 radical (unpaired) electrons. The molecular formula is C18H16N4O3. The number of aromatic nitrogens is 4. The van der Waals surface area contributed by atoms with E-state index >= 15 is 0 Å². The summed E-state index contributed by atoms with van der Waals surface area (Å²) in [6.45, 7) is 2.11. The van der Waals surface area contributed by atoms with Gasteiger partial charge in [-0.25, -0.2) is 9.67 Å². The van der Waals surface area contributed by atoms with Crippen molar-refractivity contribution in [3.8, 4) is 34.2 Å². The summed E-state index contributed by atoms with van der Waals surface area (Å²) in [6.07, 6.45) is 1.54. The zero-order valence-electron chi connectivity index (χ0n) is 13.6. The van der Waals surface area contributed by atoms with E-state index in [1.165, 1.54) is 6.26 Å². The predicted octanol–water partition coefficient (Wildman–Crippen LogP) is 3.16. The predicted molar refractivity (Wildman–Crippen MR) is 90.5 cm³/mol. The summed E-state index contributed by atoms with van der Waals surface area (Å²) in [6, 6.07) is 13.4. The van der Waals surface area contributed by atoms with Gasteiger partial charge in [-0.2, -0.15) is 0 Å². The van der Waals surface area contributed by atoms with Gasteiger partial charge in [0, 0.05) is 5.56 Å². The molecule has 1 aromatic carbocycles. The Morgan fingerprint density at radius 3 is 2.68 bits per heavy atom. The summed E-state index contributed by atoms with van der Waals surface area (Å²) in [5, 5.41) is 17.9. The summed E-state index contributed by atoms with van der Waals surface area (Å²) < 4.78 is 12.4. The second-order valence-corrected chi connectivity index (χ2v) is 5.56. The van der Waals surface area contributed by atoms with Crippen LogP contribution in [0.4, 0.5) is 0 Å². The largest absolute Gasteiger partial charge is 0.458 e. The molecule has 0 spiro atoms. The Bertz CT molecular complexity index is 985. The standard InChI is InChI=1S/C18H16N4O3/c1-12-7-8-15(25-12)17-19-18(22(20-17)9-10-23)14-11-24-21-16(14)13-5-3-2-4-6-13/h2-8,11,23H,9-10H2,1H3. The number of aliphatic hydroxyl groups is 1. The Hall–Kier alpha value is -3.19. The van der Waals surface area contributed by atoms with Crippen molar-refractivity contribution in [2.24, 2.45) is 0 Å². The van der Waals surface area contributed by atoms with Gasteiger partial charge in [-0.15, -0.1) is 5.10 Å². The Balaban J connectivity index is 1.83. The van der Waals surface area contributed by atoms with Gasteiger partial charge in [0.05, 0.1) is 18.7 Å². The van der Waals surface area contributed by atoms with Crippen molar-refractivity contribution in [3.63, 3.8) is 0 Å². The average Bonchev–Trinajstić information content (AvgIpc) is 3.35. The van der Waals surface area contributed by atoms with Crippen molar-refractivity contribution in [1.82, 2.24) is 19.9 Å². The number of furan rings is 1. The van der Waals surface area contributed by atoms with Crippen molar-refractivity contribution >= 4 is 0 Å². The van der Waals surface area contributed by atoms with Crippen LogP contribution < -0.4 is 0 Å². The molecular weight excluding hydrogens is 320 g/mol. The molecule has 0 atom stereocenters. The average molecular weight is 336 g/mol. The van der Waals surface area contributed by atoms with Crippen LogP contribution in [0.1, 0.15) is 5.76 Å². The van der Waals surface area contributed by atoms with E-state index < -0.39 is 0 Å². The quantitative estimate of drug-likeness (QED) is 0.602. The smallest absolute Gasteiger partial charge is 0.217 e. The molecule has 0 aliphatic carbocycles. The van der Waals surface area contributed by atoms with Gasteiger partial charge >= 0.3 is 0 Å². The lowest BCUT2D eigenvalue weighted by molar-refractivity contribution is 0.270. The monoisotopic (exact) mass is 336 g/mol. The van der Waals surface area contributed by atoms with Gasteiger partial charge in [-0.05, 0) is 19.1 Å². The first-order valence-corrected chi connectivity index (χ1v) is 7.89. The van der Waals surface area contributed by atoms with E-state index in [2.05, 4.69) is 15.2 Å². The third kappa shape index (κ3) is 2.85. The molecule has 4 aromatic rings. The fraction of sp³-hybridized carbons (Fsp3) is 0.167. The van der Waals surface area contributed by atoms with Crippen LogP contribution in [0.15, 0.2) is 57.7 Å². The van der Waals surface area contributed by atoms with Gasteiger partial charge in [-0.1, -0.05) is 35.5 Å². The number of hydrogen-bond acceptors (Lipinski definition) is 6. The van der Waals surface area contributed by atoms with E-state index in [0.717, 1.165) is 11.3 Å². The highest BCUT2D eigenvalue weighted by Gasteiger charge is 2.21. The van der Waals surface area contributed by atoms with Crippen molar-refractivity contribution in [2.75, 3.05) is 6.61 Å². The van der Waals surface area contributed by atoms with E-state index in [9.17, 15) is 5.11 Å². The highest BCUT2D eigenvalue weighted by Crippen LogP contribution is 2.31. The third-order valence-corrected chi connectivity index (χ3v) is 3.80. The Labute approximate surface area is 143 Å². The lowest BCUT2D eigenvalue weighted by Gasteiger charge is -2.03. The van der Waals surface area contributed by atoms with Crippen LogP contribution >= 0.6 is 0 Å². The highest BCUT2D eigenvalue weighted by molar-refractivity contribution is 5.77. The molecule has 0 amide bonds. The van der Waals surface area contributed by atoms with E-state index in [0.29, 0.717) is 35.2 Å². The molecule has 0 saturated heterocycles. The SMILES string of the molecule is Cc1ccc(-c2nc(-c3conc3-c3ccccc3)n(CCO)n2)o1. The van der Waals surface area contributed by atoms with Crippen molar-refractivity contribution < 1.29 is 14.0 Å². The summed E-state index contributed by atoms with van der Waals surface area (Å²) in [4.78, 5) is 4.59. The molecule has 0 unspecified atom stereocenters. The number of rotatable bonds is 5. The fourth-order valence-electron chi connectivity index (χ4n) is 2.65. The second-order valence-electron chi connectivity index (χ2n) is 5.56. The first-order chi connectivity index (χ1) is 12.3. The van der Waals surface area contributed by atoms with E-state index in [4.69, 9.17) is 8.94 Å². The molecule has 0 fully saturated rings. The Kier molecular flexibility index (Phi) is 3.91. The van der Waals surface area contributed by atoms with Gasteiger partial charge in [0.25, 0.3) is 0 Å². The van der Waals surface area contributed by atoms with Crippen molar-refractivity contribution in [1.29, 1.82) is 0 Å². The first kappa shape index (κ1) is 15.3. The van der Waals surface area contributed by atoms with E-state index in [1.54, 1.807) is 4.68 Å². The highest BCUT2D eigenvalue weighted by atomic mass is 16.5. The Morgan fingerprint density at radius 1 is 1.12 bits per heavy atom. The van der Waals surface area contributed by atoms with E-state index in [1.807, 2.05) is 49.4 Å². The zero-order chi connectivity index (χ0) is 17.2. The number of nitrogens with zero attached hydrogens (tertiary/aromatic N) is 4. The molecule has 3 heterocycles. The van der Waals surface area contributed by atoms with Gasteiger partial charge < -0.3 is 14.0 Å². The van der Waals surface area contributed by atoms with Crippen LogP contribution in [0.25, 0.3) is 34.2 Å². The number of aryl methyl sites for hydroxylation is 1. The third-order valence-electron chi connectivity index (χ3n) is 3.80. The normalized spacial score (nSPS) is 11.1. The van der Waals surface area contributed by atoms with Gasteiger partial charge in [0.2, 0.25) is 5.82 Å². The maximum Gasteiger partial charge on any atom is 0.217 e. The molecule has 25 heavy (non-hydrogen) atoms. The maximum atomic E-state index is 9.36. The van der Waals surface area contributed by atoms with Crippen LogP contribution in [0.3, 0.4) is 0 Å². The van der Waals surface area contributed by atoms with Crippen LogP contribution in [-0.4, -0.2) is 31.6 Å². The van der Waals surface area contributed by atoms with Crippen LogP contribution in [-0.2, 0) is 6.54 Å². The molecule has 4 rings (SSSR count). The lowest BCUT2D eigenvalue weighted by Crippen LogP contribution is -2.06. The maximum absolute atomic E-state index is 9.36. The molecule has 7 heteroatoms. The number of benzene rings is 1. The topological polar surface area (TPSA) is 90.1 Å². The van der Waals surface area contributed by atoms with Crippen molar-refractivity contribution in [3.05, 3.63) is 54.5 Å². The molecule has 126 valence electrons. The number of aliphatic hydroxyl groups excluding tert-OH is 1. The van der Waals surface area contributed by atoms with Gasteiger partial charge in [-0.3, -0.25) is 0 Å². The van der Waals surface area contributed by atoms with E-state index in [-0.39, 0.29) is 6.61 Å². The molecule has 0 aliphatic rings. The molecule has 0 bridgehead atoms. The second kappa shape index (κ2) is 6.37. The summed E-state index contributed by atoms with van der Waals surface area (Å²) in [5.74, 6) is 2.38. The summed E-state index contributed by atoms with van der Waals surface area (Å²) in [5.41, 5.74) is 2.30. The minimum Gasteiger partial charge on any atom is -0.458 e. The molecule has 0 saturated carbocycles. The number of hydrogen-bond donors (Lipinski definition) is 1. The summed E-state index contributed by atoms with van der Waals surface area (Å²) in [7, 11) is 0. The van der Waals surface area contributed by atoms with Crippen LogP contribution in [0, 0.1) is 6.92 Å². The van der Waals surface area contributed by atoms with Crippen molar-refractivity contribution in [2.45, 2.75) is 13.5 Å². The first-order valence-electron chi connectivity index (χ1n) is 7.89. The van der Waals surface area contributed by atoms with Gasteiger partial charge in [0.1, 0.15) is 17.7 Å².